The molecule has 0 saturated heterocycles. The molecule has 0 radical (unpaired) electrons. The number of hydrogen-bond donors (Lipinski definition) is 1. The van der Waals surface area contributed by atoms with Gasteiger partial charge < -0.3 is 9.84 Å². The molecule has 0 fully saturated rings. The van der Waals surface area contributed by atoms with Gasteiger partial charge in [0.1, 0.15) is 0 Å². The normalized spacial score (nSPS) is 10.2. The van der Waals surface area contributed by atoms with Gasteiger partial charge in [0.2, 0.25) is 0 Å². The lowest BCUT2D eigenvalue weighted by molar-refractivity contribution is -0.131. The van der Waals surface area contributed by atoms with Gasteiger partial charge in [-0.05, 0) is 12.1 Å². The first-order valence-corrected chi connectivity index (χ1v) is 4.89. The van der Waals surface area contributed by atoms with Gasteiger partial charge in [0.25, 0.3) is 0 Å². The van der Waals surface area contributed by atoms with Crippen molar-refractivity contribution in [2.75, 3.05) is 0 Å². The first-order chi connectivity index (χ1) is 8.08. The second kappa shape index (κ2) is 4.21. The van der Waals surface area contributed by atoms with Crippen molar-refractivity contribution in [3.05, 3.63) is 36.0 Å². The molecule has 0 bridgehead atoms. The summed E-state index contributed by atoms with van der Waals surface area (Å²) in [6.45, 7) is 1.21. The molecule has 2 rings (SSSR count). The first-order valence-electron chi connectivity index (χ1n) is 4.89. The van der Waals surface area contributed by atoms with Crippen LogP contribution in [0, 0.1) is 0 Å². The average Bonchev–Trinajstić information content (AvgIpc) is 2.27. The van der Waals surface area contributed by atoms with Gasteiger partial charge in [0.15, 0.2) is 11.4 Å². The number of rotatable bonds is 2. The predicted octanol–water partition coefficient (Wildman–Crippen LogP) is 1.86. The summed E-state index contributed by atoms with van der Waals surface area (Å²) < 4.78 is 4.83. The number of carboxylic acids is 1. The highest BCUT2D eigenvalue weighted by Gasteiger charge is 2.16. The minimum Gasteiger partial charge on any atom is -0.476 e. The van der Waals surface area contributed by atoms with Gasteiger partial charge in [-0.25, -0.2) is 9.78 Å². The summed E-state index contributed by atoms with van der Waals surface area (Å²) in [5.74, 6) is -1.85. The number of ether oxygens (including phenoxy) is 1. The van der Waals surface area contributed by atoms with Crippen molar-refractivity contribution in [2.45, 2.75) is 6.92 Å². The third kappa shape index (κ3) is 2.23. The van der Waals surface area contributed by atoms with Gasteiger partial charge in [-0.3, -0.25) is 4.79 Å². The quantitative estimate of drug-likeness (QED) is 0.798. The molecule has 0 aliphatic carbocycles. The lowest BCUT2D eigenvalue weighted by atomic mass is 10.2. The average molecular weight is 231 g/mol. The second-order valence-electron chi connectivity index (χ2n) is 3.43. The number of carbonyl (C=O) groups excluding carboxylic acids is 1. The third-order valence-corrected chi connectivity index (χ3v) is 2.15. The van der Waals surface area contributed by atoms with Crippen LogP contribution in [0.1, 0.15) is 17.4 Å². The Hall–Kier alpha value is -2.43. The molecule has 0 spiro atoms. The minimum absolute atomic E-state index is 0.0382. The number of aromatic nitrogens is 1. The van der Waals surface area contributed by atoms with Gasteiger partial charge in [0, 0.05) is 12.3 Å². The molecule has 1 heterocycles. The van der Waals surface area contributed by atoms with Crippen LogP contribution in [-0.2, 0) is 4.79 Å². The molecule has 0 aliphatic heterocycles. The number of benzene rings is 1. The van der Waals surface area contributed by atoms with Crippen molar-refractivity contribution in [2.24, 2.45) is 0 Å². The van der Waals surface area contributed by atoms with E-state index in [1.807, 2.05) is 0 Å². The number of pyridine rings is 1. The van der Waals surface area contributed by atoms with Crippen molar-refractivity contribution in [1.29, 1.82) is 0 Å². The van der Waals surface area contributed by atoms with Crippen LogP contribution in [0.15, 0.2) is 30.3 Å². The number of carbonyl (C=O) groups is 2. The van der Waals surface area contributed by atoms with Crippen LogP contribution >= 0.6 is 0 Å². The van der Waals surface area contributed by atoms with E-state index in [2.05, 4.69) is 4.98 Å². The van der Waals surface area contributed by atoms with Crippen LogP contribution in [0.3, 0.4) is 0 Å². The fourth-order valence-corrected chi connectivity index (χ4v) is 1.48. The Kier molecular flexibility index (Phi) is 2.74. The van der Waals surface area contributed by atoms with Crippen molar-refractivity contribution in [3.63, 3.8) is 0 Å². The number of para-hydroxylation sites is 1. The van der Waals surface area contributed by atoms with E-state index in [-0.39, 0.29) is 11.4 Å². The SMILES string of the molecule is CC(=O)Oc1cc2ccccc2nc1C(=O)O. The van der Waals surface area contributed by atoms with Gasteiger partial charge in [-0.15, -0.1) is 0 Å². The smallest absolute Gasteiger partial charge is 0.358 e. The van der Waals surface area contributed by atoms with Gasteiger partial charge >= 0.3 is 11.9 Å². The van der Waals surface area contributed by atoms with Gasteiger partial charge in [-0.1, -0.05) is 18.2 Å². The molecule has 1 aromatic heterocycles. The zero-order valence-corrected chi connectivity index (χ0v) is 9.01. The highest BCUT2D eigenvalue weighted by atomic mass is 16.5. The summed E-state index contributed by atoms with van der Waals surface area (Å²) in [5.41, 5.74) is 0.278. The van der Waals surface area contributed by atoms with Gasteiger partial charge in [0.05, 0.1) is 5.52 Å². The van der Waals surface area contributed by atoms with E-state index >= 15 is 0 Å². The summed E-state index contributed by atoms with van der Waals surface area (Å²) in [4.78, 5) is 25.8. The van der Waals surface area contributed by atoms with Crippen LogP contribution in [0.5, 0.6) is 5.75 Å². The number of carboxylic acid groups (broad SMARTS) is 1. The number of esters is 1. The Bertz CT molecular complexity index is 606. The first kappa shape index (κ1) is 11.1. The van der Waals surface area contributed by atoms with Crippen molar-refractivity contribution in [1.82, 2.24) is 4.98 Å². The number of fused-ring (bicyclic) bond motifs is 1. The lowest BCUT2D eigenvalue weighted by Gasteiger charge is -2.06. The molecule has 1 aromatic carbocycles. The fraction of sp³-hybridized carbons (Fsp3) is 0.0833. The standard InChI is InChI=1S/C12H9NO4/c1-7(14)17-10-6-8-4-2-3-5-9(8)13-11(10)12(15)16/h2-6H,1H3,(H,15,16). The number of hydrogen-bond acceptors (Lipinski definition) is 4. The Labute approximate surface area is 96.7 Å². The molecule has 17 heavy (non-hydrogen) atoms. The molecule has 1 N–H and O–H groups in total. The van der Waals surface area contributed by atoms with E-state index in [9.17, 15) is 9.59 Å². The van der Waals surface area contributed by atoms with Crippen LogP contribution < -0.4 is 4.74 Å². The fourth-order valence-electron chi connectivity index (χ4n) is 1.48. The summed E-state index contributed by atoms with van der Waals surface area (Å²) in [7, 11) is 0. The summed E-state index contributed by atoms with van der Waals surface area (Å²) >= 11 is 0. The van der Waals surface area contributed by atoms with Crippen LogP contribution in [0.4, 0.5) is 0 Å². The molecule has 5 heteroatoms. The molecular formula is C12H9NO4. The van der Waals surface area contributed by atoms with Crippen LogP contribution in [0.2, 0.25) is 0 Å². The lowest BCUT2D eigenvalue weighted by Crippen LogP contribution is -2.09. The molecule has 0 saturated carbocycles. The maximum absolute atomic E-state index is 11.0. The number of nitrogens with zero attached hydrogens (tertiary/aromatic N) is 1. The van der Waals surface area contributed by atoms with Crippen molar-refractivity contribution >= 4 is 22.8 Å². The molecule has 0 unspecified atom stereocenters. The van der Waals surface area contributed by atoms with E-state index in [1.54, 1.807) is 24.3 Å². The molecule has 0 amide bonds. The summed E-state index contributed by atoms with van der Waals surface area (Å²) in [6, 6.07) is 8.50. The molecule has 86 valence electrons. The highest BCUT2D eigenvalue weighted by Crippen LogP contribution is 2.23. The van der Waals surface area contributed by atoms with E-state index in [0.29, 0.717) is 10.9 Å². The summed E-state index contributed by atoms with van der Waals surface area (Å²) in [5, 5.41) is 9.70. The summed E-state index contributed by atoms with van der Waals surface area (Å²) in [6.07, 6.45) is 0. The Balaban J connectivity index is 2.66. The van der Waals surface area contributed by atoms with Crippen molar-refractivity contribution < 1.29 is 19.4 Å². The predicted molar refractivity (Wildman–Crippen MR) is 60.0 cm³/mol. The van der Waals surface area contributed by atoms with Crippen molar-refractivity contribution in [3.8, 4) is 5.75 Å². The molecule has 0 atom stereocenters. The molecule has 2 aromatic rings. The second-order valence-corrected chi connectivity index (χ2v) is 3.43. The van der Waals surface area contributed by atoms with Crippen LogP contribution in [-0.4, -0.2) is 22.0 Å². The Morgan fingerprint density at radius 2 is 2.00 bits per heavy atom. The zero-order valence-electron chi connectivity index (χ0n) is 9.01. The maximum Gasteiger partial charge on any atom is 0.358 e. The third-order valence-electron chi connectivity index (χ3n) is 2.15. The largest absolute Gasteiger partial charge is 0.476 e. The van der Waals surface area contributed by atoms with Gasteiger partial charge in [-0.2, -0.15) is 0 Å². The van der Waals surface area contributed by atoms with E-state index < -0.39 is 11.9 Å². The van der Waals surface area contributed by atoms with E-state index in [0.717, 1.165) is 0 Å². The maximum atomic E-state index is 11.0. The van der Waals surface area contributed by atoms with E-state index in [1.165, 1.54) is 13.0 Å². The molecular weight excluding hydrogens is 222 g/mol. The number of aromatic carboxylic acids is 1. The Morgan fingerprint density at radius 1 is 1.29 bits per heavy atom. The molecule has 5 nitrogen and oxygen atoms in total. The minimum atomic E-state index is -1.23. The monoisotopic (exact) mass is 231 g/mol. The topological polar surface area (TPSA) is 76.5 Å². The Morgan fingerprint density at radius 3 is 2.65 bits per heavy atom. The molecule has 0 aliphatic rings. The van der Waals surface area contributed by atoms with E-state index in [4.69, 9.17) is 9.84 Å². The van der Waals surface area contributed by atoms with Crippen LogP contribution in [0.25, 0.3) is 10.9 Å². The zero-order chi connectivity index (χ0) is 12.4. The highest BCUT2D eigenvalue weighted by molar-refractivity contribution is 5.94.